The van der Waals surface area contributed by atoms with Gasteiger partial charge in [-0.15, -0.1) is 0 Å². The van der Waals surface area contributed by atoms with E-state index < -0.39 is 6.10 Å². The van der Waals surface area contributed by atoms with E-state index in [1.54, 1.807) is 36.2 Å². The van der Waals surface area contributed by atoms with Crippen molar-refractivity contribution in [1.29, 1.82) is 0 Å². The Morgan fingerprint density at radius 3 is 2.58 bits per heavy atom. The molecule has 1 saturated heterocycles. The first-order valence-corrected chi connectivity index (χ1v) is 6.84. The molecule has 1 N–H and O–H groups in total. The number of likely N-dealkylation sites (tertiary alicyclic amines) is 1. The largest absolute Gasteiger partial charge is 0.390 e. The molecule has 0 aromatic heterocycles. The van der Waals surface area contributed by atoms with E-state index >= 15 is 0 Å². The minimum Gasteiger partial charge on any atom is -0.390 e. The third-order valence-electron chi connectivity index (χ3n) is 3.69. The molecule has 1 heterocycles. The Hall–Kier alpha value is -1.10. The predicted molar refractivity (Wildman–Crippen MR) is 75.5 cm³/mol. The summed E-state index contributed by atoms with van der Waals surface area (Å²) in [7, 11) is 1.74. The van der Waals surface area contributed by atoms with Gasteiger partial charge in [-0.3, -0.25) is 9.69 Å². The molecule has 104 valence electrons. The Morgan fingerprint density at radius 2 is 2.05 bits per heavy atom. The normalized spacial score (nSPS) is 23.6. The molecule has 2 rings (SSSR count). The van der Waals surface area contributed by atoms with Crippen LogP contribution in [0.2, 0.25) is 5.02 Å². The van der Waals surface area contributed by atoms with Crippen molar-refractivity contribution in [3.63, 3.8) is 0 Å². The Labute approximate surface area is 118 Å². The first-order valence-electron chi connectivity index (χ1n) is 6.46. The monoisotopic (exact) mass is 282 g/mol. The zero-order valence-corrected chi connectivity index (χ0v) is 12.0. The summed E-state index contributed by atoms with van der Waals surface area (Å²) >= 11 is 5.81. The van der Waals surface area contributed by atoms with Crippen molar-refractivity contribution in [3.05, 3.63) is 34.9 Å². The lowest BCUT2D eigenvalue weighted by molar-refractivity contribution is 0.0581. The Bertz CT molecular complexity index is 449. The summed E-state index contributed by atoms with van der Waals surface area (Å²) in [5, 5.41) is 10.7. The first kappa shape index (κ1) is 14.3. The molecule has 0 radical (unpaired) electrons. The van der Waals surface area contributed by atoms with Crippen molar-refractivity contribution in [1.82, 2.24) is 9.80 Å². The second-order valence-corrected chi connectivity index (χ2v) is 5.35. The van der Waals surface area contributed by atoms with Gasteiger partial charge in [-0.05, 0) is 30.8 Å². The van der Waals surface area contributed by atoms with Gasteiger partial charge in [0, 0.05) is 30.7 Å². The fourth-order valence-corrected chi connectivity index (χ4v) is 2.56. The fourth-order valence-electron chi connectivity index (χ4n) is 2.43. The van der Waals surface area contributed by atoms with Gasteiger partial charge in [-0.1, -0.05) is 18.5 Å². The SMILES string of the molecule is CCN1C[C@@H](O)[C@H](N(C)C(=O)c2ccc(Cl)cc2)C1. The number of aliphatic hydroxyl groups excluding tert-OH is 1. The Morgan fingerprint density at radius 1 is 1.42 bits per heavy atom. The molecule has 0 spiro atoms. The summed E-state index contributed by atoms with van der Waals surface area (Å²) in [6.45, 7) is 4.28. The molecule has 1 fully saturated rings. The first-order chi connectivity index (χ1) is 9.02. The zero-order valence-electron chi connectivity index (χ0n) is 11.2. The topological polar surface area (TPSA) is 43.8 Å². The van der Waals surface area contributed by atoms with E-state index in [0.717, 1.165) is 6.54 Å². The standard InChI is InChI=1S/C14H19ClN2O2/c1-3-17-8-12(13(18)9-17)16(2)14(19)10-4-6-11(15)7-5-10/h4-7,12-13,18H,3,8-9H2,1-2H3/t12-,13-/m1/s1. The van der Waals surface area contributed by atoms with Crippen molar-refractivity contribution in [2.45, 2.75) is 19.1 Å². The Kier molecular flexibility index (Phi) is 4.45. The number of hydrogen-bond donors (Lipinski definition) is 1. The molecule has 1 aromatic rings. The highest BCUT2D eigenvalue weighted by molar-refractivity contribution is 6.30. The van der Waals surface area contributed by atoms with Gasteiger partial charge in [0.05, 0.1) is 12.1 Å². The van der Waals surface area contributed by atoms with Gasteiger partial charge in [0.1, 0.15) is 0 Å². The van der Waals surface area contributed by atoms with E-state index in [1.807, 2.05) is 0 Å². The van der Waals surface area contributed by atoms with Crippen LogP contribution in [-0.2, 0) is 0 Å². The van der Waals surface area contributed by atoms with Crippen LogP contribution in [0.3, 0.4) is 0 Å². The van der Waals surface area contributed by atoms with Crippen LogP contribution in [0.25, 0.3) is 0 Å². The molecular formula is C14H19ClN2O2. The molecule has 1 aromatic carbocycles. The molecule has 5 heteroatoms. The lowest BCUT2D eigenvalue weighted by atomic mass is 10.1. The number of halogens is 1. The molecule has 2 atom stereocenters. The number of benzene rings is 1. The third kappa shape index (κ3) is 3.08. The van der Waals surface area contributed by atoms with Crippen LogP contribution in [0.4, 0.5) is 0 Å². The molecule has 1 aliphatic rings. The quantitative estimate of drug-likeness (QED) is 0.913. The minimum atomic E-state index is -0.485. The van der Waals surface area contributed by atoms with Crippen molar-refractivity contribution in [2.75, 3.05) is 26.7 Å². The number of hydrogen-bond acceptors (Lipinski definition) is 3. The number of nitrogens with zero attached hydrogens (tertiary/aromatic N) is 2. The number of carbonyl (C=O) groups excluding carboxylic acids is 1. The van der Waals surface area contributed by atoms with Gasteiger partial charge < -0.3 is 10.0 Å². The van der Waals surface area contributed by atoms with E-state index in [2.05, 4.69) is 11.8 Å². The maximum atomic E-state index is 12.3. The molecule has 0 bridgehead atoms. The summed E-state index contributed by atoms with van der Waals surface area (Å²) in [4.78, 5) is 16.1. The highest BCUT2D eigenvalue weighted by Gasteiger charge is 2.35. The van der Waals surface area contributed by atoms with Gasteiger partial charge in [0.15, 0.2) is 0 Å². The molecule has 1 aliphatic heterocycles. The van der Waals surface area contributed by atoms with E-state index in [4.69, 9.17) is 11.6 Å². The van der Waals surface area contributed by atoms with Crippen molar-refractivity contribution in [3.8, 4) is 0 Å². The van der Waals surface area contributed by atoms with Crippen LogP contribution >= 0.6 is 11.6 Å². The molecule has 4 nitrogen and oxygen atoms in total. The van der Waals surface area contributed by atoms with Crippen LogP contribution in [0.1, 0.15) is 17.3 Å². The molecule has 1 amide bonds. The fraction of sp³-hybridized carbons (Fsp3) is 0.500. The molecular weight excluding hydrogens is 264 g/mol. The smallest absolute Gasteiger partial charge is 0.253 e. The van der Waals surface area contributed by atoms with Gasteiger partial charge >= 0.3 is 0 Å². The number of carbonyl (C=O) groups is 1. The van der Waals surface area contributed by atoms with E-state index in [-0.39, 0.29) is 11.9 Å². The van der Waals surface area contributed by atoms with Crippen molar-refractivity contribution < 1.29 is 9.90 Å². The average molecular weight is 283 g/mol. The number of aliphatic hydroxyl groups is 1. The van der Waals surface area contributed by atoms with Crippen LogP contribution in [-0.4, -0.2) is 59.6 Å². The number of rotatable bonds is 3. The maximum absolute atomic E-state index is 12.3. The van der Waals surface area contributed by atoms with Gasteiger partial charge in [-0.2, -0.15) is 0 Å². The predicted octanol–water partition coefficient (Wildman–Crippen LogP) is 1.48. The summed E-state index contributed by atoms with van der Waals surface area (Å²) < 4.78 is 0. The molecule has 0 unspecified atom stereocenters. The van der Waals surface area contributed by atoms with Gasteiger partial charge in [0.25, 0.3) is 5.91 Å². The summed E-state index contributed by atoms with van der Waals surface area (Å²) in [5.74, 6) is -0.0846. The van der Waals surface area contributed by atoms with Crippen LogP contribution in [0.15, 0.2) is 24.3 Å². The molecule has 19 heavy (non-hydrogen) atoms. The summed E-state index contributed by atoms with van der Waals surface area (Å²) in [5.41, 5.74) is 0.592. The zero-order chi connectivity index (χ0) is 14.0. The molecule has 0 saturated carbocycles. The molecule has 0 aliphatic carbocycles. The van der Waals surface area contributed by atoms with Gasteiger partial charge in [-0.25, -0.2) is 0 Å². The lowest BCUT2D eigenvalue weighted by Crippen LogP contribution is -2.44. The highest BCUT2D eigenvalue weighted by atomic mass is 35.5. The Balaban J connectivity index is 2.09. The summed E-state index contributed by atoms with van der Waals surface area (Å²) in [6, 6.07) is 6.67. The van der Waals surface area contributed by atoms with Crippen molar-refractivity contribution in [2.24, 2.45) is 0 Å². The van der Waals surface area contributed by atoms with Crippen LogP contribution < -0.4 is 0 Å². The van der Waals surface area contributed by atoms with Gasteiger partial charge in [0.2, 0.25) is 0 Å². The van der Waals surface area contributed by atoms with E-state index in [1.165, 1.54) is 0 Å². The van der Waals surface area contributed by atoms with Crippen molar-refractivity contribution >= 4 is 17.5 Å². The number of β-amino-alcohol motifs (C(OH)–C–C–N with tert-alkyl or cyclic N) is 1. The summed E-state index contributed by atoms with van der Waals surface area (Å²) in [6.07, 6.45) is -0.485. The van der Waals surface area contributed by atoms with Crippen LogP contribution in [0, 0.1) is 0 Å². The average Bonchev–Trinajstić information content (AvgIpc) is 2.79. The third-order valence-corrected chi connectivity index (χ3v) is 3.94. The number of amides is 1. The van der Waals surface area contributed by atoms with E-state index in [9.17, 15) is 9.90 Å². The minimum absolute atomic E-state index is 0.0846. The lowest BCUT2D eigenvalue weighted by Gasteiger charge is -2.26. The maximum Gasteiger partial charge on any atom is 0.253 e. The number of likely N-dealkylation sites (N-methyl/N-ethyl adjacent to an activating group) is 2. The van der Waals surface area contributed by atoms with Crippen LogP contribution in [0.5, 0.6) is 0 Å². The highest BCUT2D eigenvalue weighted by Crippen LogP contribution is 2.18. The second kappa shape index (κ2) is 5.90. The second-order valence-electron chi connectivity index (χ2n) is 4.91. The van der Waals surface area contributed by atoms with E-state index in [0.29, 0.717) is 23.7 Å².